The molecule has 0 amide bonds. The van der Waals surface area contributed by atoms with Gasteiger partial charge in [0.05, 0.1) is 34.9 Å². The van der Waals surface area contributed by atoms with Crippen LogP contribution in [0.25, 0.3) is 27.7 Å². The molecular weight excluding hydrogens is 442 g/mol. The summed E-state index contributed by atoms with van der Waals surface area (Å²) in [5, 5.41) is 23.7. The Kier molecular flexibility index (Phi) is 5.63. The van der Waals surface area contributed by atoms with Gasteiger partial charge in [-0.15, -0.1) is 0 Å². The average molecular weight is 462 g/mol. The highest BCUT2D eigenvalue weighted by molar-refractivity contribution is 5.84. The molecule has 2 aromatic heterocycles. The van der Waals surface area contributed by atoms with Crippen molar-refractivity contribution in [3.05, 3.63) is 92.1 Å². The lowest BCUT2D eigenvalue weighted by molar-refractivity contribution is 0.282. The maximum absolute atomic E-state index is 15.1. The van der Waals surface area contributed by atoms with Gasteiger partial charge in [0.1, 0.15) is 5.82 Å². The van der Waals surface area contributed by atoms with Gasteiger partial charge in [0.15, 0.2) is 5.82 Å². The minimum absolute atomic E-state index is 0.0916. The predicted octanol–water partition coefficient (Wildman–Crippen LogP) is 3.32. The molecule has 0 aliphatic rings. The number of aliphatic hydroxyl groups is 1. The maximum Gasteiger partial charge on any atom is 0.302 e. The number of aliphatic hydroxyl groups excluding tert-OH is 1. The number of hydrogen-bond donors (Lipinski definition) is 1. The van der Waals surface area contributed by atoms with Crippen LogP contribution in [0.15, 0.2) is 58.3 Å². The molecule has 2 aromatic carbocycles. The predicted molar refractivity (Wildman–Crippen MR) is 122 cm³/mol. The van der Waals surface area contributed by atoms with Gasteiger partial charge in [-0.3, -0.25) is 14.2 Å². The minimum Gasteiger partial charge on any atom is -0.392 e. The highest BCUT2D eigenvalue weighted by Crippen LogP contribution is 2.29. The second kappa shape index (κ2) is 8.32. The zero-order chi connectivity index (χ0) is 24.8. The number of aryl methyl sites for hydroxylation is 1. The van der Waals surface area contributed by atoms with Crippen molar-refractivity contribution in [3.63, 3.8) is 0 Å². The van der Waals surface area contributed by atoms with Crippen molar-refractivity contribution in [1.29, 1.82) is 5.26 Å². The van der Waals surface area contributed by atoms with Gasteiger partial charge in [-0.2, -0.15) is 10.4 Å². The minimum atomic E-state index is -1.01. The van der Waals surface area contributed by atoms with E-state index in [0.717, 1.165) is 10.7 Å². The lowest BCUT2D eigenvalue weighted by Crippen LogP contribution is -2.23. The number of nitriles is 1. The molecule has 4 aromatic rings. The van der Waals surface area contributed by atoms with E-state index in [-0.39, 0.29) is 22.3 Å². The van der Waals surface area contributed by atoms with E-state index in [1.807, 2.05) is 0 Å². The molecule has 4 rings (SSSR count). The topological polar surface area (TPSA) is 101 Å². The van der Waals surface area contributed by atoms with E-state index in [1.54, 1.807) is 44.2 Å². The molecule has 0 bridgehead atoms. The summed E-state index contributed by atoms with van der Waals surface area (Å²) in [7, 11) is 1.30. The van der Waals surface area contributed by atoms with Crippen LogP contribution in [0.4, 0.5) is 8.78 Å². The Bertz CT molecular complexity index is 1590. The molecule has 7 nitrogen and oxygen atoms in total. The van der Waals surface area contributed by atoms with E-state index >= 15 is 4.39 Å². The Hall–Kier alpha value is -4.16. The Morgan fingerprint density at radius 1 is 1.09 bits per heavy atom. The van der Waals surface area contributed by atoms with Gasteiger partial charge in [0.2, 0.25) is 0 Å². The molecule has 34 heavy (non-hydrogen) atoms. The zero-order valence-corrected chi connectivity index (χ0v) is 18.6. The molecule has 172 valence electrons. The van der Waals surface area contributed by atoms with Crippen molar-refractivity contribution in [2.45, 2.75) is 25.9 Å². The summed E-state index contributed by atoms with van der Waals surface area (Å²) in [6, 6.07) is 12.1. The van der Waals surface area contributed by atoms with Crippen molar-refractivity contribution in [2.75, 3.05) is 0 Å². The van der Waals surface area contributed by atoms with Crippen LogP contribution in [-0.2, 0) is 19.1 Å². The van der Waals surface area contributed by atoms with Crippen LogP contribution in [0.5, 0.6) is 0 Å². The average Bonchev–Trinajstić information content (AvgIpc) is 2.81. The molecule has 0 atom stereocenters. The summed E-state index contributed by atoms with van der Waals surface area (Å²) >= 11 is 0. The second-order valence-electron chi connectivity index (χ2n) is 8.42. The maximum atomic E-state index is 15.1. The van der Waals surface area contributed by atoms with Gasteiger partial charge in [-0.1, -0.05) is 12.1 Å². The van der Waals surface area contributed by atoms with Gasteiger partial charge in [-0.25, -0.2) is 13.5 Å². The Balaban J connectivity index is 1.96. The SMILES string of the molecule is Cn1nc(-c2cccc(-n3ccc4cc(C(C)(C)C#N)cc(F)c4c3=O)c2CO)cc(F)c1=O. The van der Waals surface area contributed by atoms with E-state index in [1.165, 1.54) is 23.9 Å². The van der Waals surface area contributed by atoms with Crippen LogP contribution in [0, 0.1) is 23.0 Å². The number of hydrogen-bond acceptors (Lipinski definition) is 5. The molecule has 0 radical (unpaired) electrons. The quantitative estimate of drug-likeness (QED) is 0.502. The fourth-order valence-electron chi connectivity index (χ4n) is 3.85. The molecule has 0 saturated heterocycles. The molecule has 0 fully saturated rings. The largest absolute Gasteiger partial charge is 0.392 e. The van der Waals surface area contributed by atoms with Gasteiger partial charge in [0.25, 0.3) is 5.56 Å². The summed E-state index contributed by atoms with van der Waals surface area (Å²) in [5.74, 6) is -1.78. The molecule has 0 aliphatic heterocycles. The first-order valence-corrected chi connectivity index (χ1v) is 10.3. The van der Waals surface area contributed by atoms with Crippen LogP contribution >= 0.6 is 0 Å². The van der Waals surface area contributed by atoms with Crippen LogP contribution in [0.2, 0.25) is 0 Å². The molecule has 1 N–H and O–H groups in total. The molecule has 0 unspecified atom stereocenters. The first-order valence-electron chi connectivity index (χ1n) is 10.3. The lowest BCUT2D eigenvalue weighted by Gasteiger charge is -2.18. The van der Waals surface area contributed by atoms with E-state index in [4.69, 9.17) is 0 Å². The molecule has 2 heterocycles. The molecule has 9 heteroatoms. The smallest absolute Gasteiger partial charge is 0.302 e. The Morgan fingerprint density at radius 3 is 2.47 bits per heavy atom. The summed E-state index contributed by atoms with van der Waals surface area (Å²) in [6.07, 6.45) is 1.44. The number of rotatable bonds is 4. The van der Waals surface area contributed by atoms with E-state index < -0.39 is 34.8 Å². The highest BCUT2D eigenvalue weighted by Gasteiger charge is 2.23. The number of pyridine rings is 1. The summed E-state index contributed by atoms with van der Waals surface area (Å²) in [5.41, 5.74) is -1.16. The number of halogens is 2. The Morgan fingerprint density at radius 2 is 1.82 bits per heavy atom. The second-order valence-corrected chi connectivity index (χ2v) is 8.42. The normalized spacial score (nSPS) is 11.6. The first kappa shape index (κ1) is 23.0. The summed E-state index contributed by atoms with van der Waals surface area (Å²) in [6.45, 7) is 2.79. The van der Waals surface area contributed by atoms with Gasteiger partial charge in [0, 0.05) is 30.4 Å². The van der Waals surface area contributed by atoms with Gasteiger partial charge >= 0.3 is 5.56 Å². The van der Waals surface area contributed by atoms with Crippen LogP contribution < -0.4 is 11.1 Å². The fourth-order valence-corrected chi connectivity index (χ4v) is 3.85. The van der Waals surface area contributed by atoms with Crippen molar-refractivity contribution >= 4 is 10.8 Å². The van der Waals surface area contributed by atoms with Crippen LogP contribution in [-0.4, -0.2) is 19.5 Å². The third-order valence-corrected chi connectivity index (χ3v) is 5.82. The first-order chi connectivity index (χ1) is 16.1. The van der Waals surface area contributed by atoms with Crippen molar-refractivity contribution < 1.29 is 13.9 Å². The van der Waals surface area contributed by atoms with Crippen molar-refractivity contribution in [3.8, 4) is 23.0 Å². The Labute approximate surface area is 192 Å². The molecule has 0 spiro atoms. The lowest BCUT2D eigenvalue weighted by atomic mass is 9.85. The van der Waals surface area contributed by atoms with E-state index in [2.05, 4.69) is 11.2 Å². The van der Waals surface area contributed by atoms with E-state index in [9.17, 15) is 24.3 Å². The van der Waals surface area contributed by atoms with Crippen molar-refractivity contribution in [1.82, 2.24) is 14.3 Å². The van der Waals surface area contributed by atoms with Crippen molar-refractivity contribution in [2.24, 2.45) is 7.05 Å². The van der Waals surface area contributed by atoms with E-state index in [0.29, 0.717) is 16.5 Å². The number of aromatic nitrogens is 3. The third kappa shape index (κ3) is 3.68. The number of fused-ring (bicyclic) bond motifs is 1. The molecule has 0 aliphatic carbocycles. The molecule has 0 saturated carbocycles. The third-order valence-electron chi connectivity index (χ3n) is 5.82. The standard InChI is InChI=1S/C25H20F2N4O3/c1-25(2,13-28)15-9-14-7-8-31(24(34)22(14)18(26)10-15)21-6-4-5-16(17(21)12-32)20-11-19(27)23(33)30(3)29-20/h4-11,32H,12H2,1-3H3. The molecular formula is C25H20F2N4O3. The summed E-state index contributed by atoms with van der Waals surface area (Å²) in [4.78, 5) is 25.0. The van der Waals surface area contributed by atoms with Gasteiger partial charge < -0.3 is 5.11 Å². The van der Waals surface area contributed by atoms with Crippen LogP contribution in [0.1, 0.15) is 25.0 Å². The number of nitrogens with zero attached hydrogens (tertiary/aromatic N) is 4. The number of benzene rings is 2. The fraction of sp³-hybridized carbons (Fsp3) is 0.200. The monoisotopic (exact) mass is 462 g/mol. The van der Waals surface area contributed by atoms with Gasteiger partial charge in [-0.05, 0) is 49.1 Å². The summed E-state index contributed by atoms with van der Waals surface area (Å²) < 4.78 is 31.2. The highest BCUT2D eigenvalue weighted by atomic mass is 19.1. The zero-order valence-electron chi connectivity index (χ0n) is 18.6. The van der Waals surface area contributed by atoms with Crippen LogP contribution in [0.3, 0.4) is 0 Å².